The maximum Gasteiger partial charge on any atom is 0.230 e. The van der Waals surface area contributed by atoms with Gasteiger partial charge in [-0.2, -0.15) is 0 Å². The molecule has 2 aliphatic heterocycles. The average molecular weight is 345 g/mol. The van der Waals surface area contributed by atoms with Crippen molar-refractivity contribution in [3.63, 3.8) is 0 Å². The van der Waals surface area contributed by atoms with Crippen LogP contribution in [0.4, 0.5) is 0 Å². The van der Waals surface area contributed by atoms with E-state index in [1.165, 1.54) is 0 Å². The summed E-state index contributed by atoms with van der Waals surface area (Å²) in [7, 11) is 2.11. The second kappa shape index (κ2) is 7.85. The van der Waals surface area contributed by atoms with Gasteiger partial charge in [0.2, 0.25) is 5.91 Å². The van der Waals surface area contributed by atoms with E-state index in [0.717, 1.165) is 57.4 Å². The highest BCUT2D eigenvalue weighted by atomic mass is 16.3. The highest BCUT2D eigenvalue weighted by molar-refractivity contribution is 5.88. The minimum absolute atomic E-state index is 0.0671. The second-order valence-corrected chi connectivity index (χ2v) is 7.76. The number of benzene rings is 1. The van der Waals surface area contributed by atoms with E-state index in [0.29, 0.717) is 13.0 Å². The fourth-order valence-electron chi connectivity index (χ4n) is 4.11. The molecule has 3 rings (SSSR count). The Kier molecular flexibility index (Phi) is 5.77. The summed E-state index contributed by atoms with van der Waals surface area (Å²) in [4.78, 5) is 15.5. The molecular formula is C20H31N3O2. The Hall–Kier alpha value is -1.43. The molecule has 2 saturated heterocycles. The van der Waals surface area contributed by atoms with Crippen LogP contribution in [0.1, 0.15) is 37.7 Å². The molecular weight excluding hydrogens is 314 g/mol. The normalized spacial score (nSPS) is 27.4. The highest BCUT2D eigenvalue weighted by Gasteiger charge is 2.43. The molecule has 2 heterocycles. The number of amides is 1. The molecule has 0 saturated carbocycles. The predicted octanol–water partition coefficient (Wildman–Crippen LogP) is 1.27. The molecule has 3 N–H and O–H groups in total. The number of likely N-dealkylation sites (tertiary alicyclic amines) is 1. The lowest BCUT2D eigenvalue weighted by atomic mass is 9.72. The average Bonchev–Trinajstić information content (AvgIpc) is 2.86. The minimum Gasteiger partial charge on any atom is -0.388 e. The smallest absolute Gasteiger partial charge is 0.230 e. The van der Waals surface area contributed by atoms with Crippen LogP contribution in [0.25, 0.3) is 0 Å². The van der Waals surface area contributed by atoms with Crippen LogP contribution < -0.4 is 10.6 Å². The van der Waals surface area contributed by atoms with Gasteiger partial charge in [0.05, 0.1) is 11.0 Å². The molecule has 1 atom stereocenters. The third kappa shape index (κ3) is 4.22. The lowest BCUT2D eigenvalue weighted by Gasteiger charge is -2.40. The summed E-state index contributed by atoms with van der Waals surface area (Å²) in [5.74, 6) is 0.0671. The third-order valence-electron chi connectivity index (χ3n) is 5.94. The fraction of sp³-hybridized carbons (Fsp3) is 0.650. The van der Waals surface area contributed by atoms with Gasteiger partial charge in [-0.05, 0) is 70.9 Å². The summed E-state index contributed by atoms with van der Waals surface area (Å²) < 4.78 is 0. The largest absolute Gasteiger partial charge is 0.388 e. The van der Waals surface area contributed by atoms with E-state index >= 15 is 0 Å². The maximum atomic E-state index is 13.2. The predicted molar refractivity (Wildman–Crippen MR) is 99.5 cm³/mol. The topological polar surface area (TPSA) is 64.6 Å². The van der Waals surface area contributed by atoms with Gasteiger partial charge >= 0.3 is 0 Å². The molecule has 1 unspecified atom stereocenters. The van der Waals surface area contributed by atoms with Crippen LogP contribution in [-0.4, -0.2) is 61.3 Å². The maximum absolute atomic E-state index is 13.2. The Morgan fingerprint density at radius 3 is 2.60 bits per heavy atom. The van der Waals surface area contributed by atoms with E-state index in [1.807, 2.05) is 18.2 Å². The number of aliphatic hydroxyl groups is 1. The number of piperidine rings is 1. The zero-order valence-corrected chi connectivity index (χ0v) is 15.3. The van der Waals surface area contributed by atoms with E-state index in [-0.39, 0.29) is 5.91 Å². The molecule has 2 aliphatic rings. The SMILES string of the molecule is CN1CCC(C(=O)NCC2(O)CCCNCC2)(c2ccccc2)CC1. The van der Waals surface area contributed by atoms with Crippen molar-refractivity contribution in [1.82, 2.24) is 15.5 Å². The molecule has 0 aromatic heterocycles. The third-order valence-corrected chi connectivity index (χ3v) is 5.94. The molecule has 1 aromatic carbocycles. The van der Waals surface area contributed by atoms with Crippen molar-refractivity contribution in [2.24, 2.45) is 0 Å². The van der Waals surface area contributed by atoms with Gasteiger partial charge in [-0.15, -0.1) is 0 Å². The molecule has 2 fully saturated rings. The zero-order chi connectivity index (χ0) is 17.8. The molecule has 0 bridgehead atoms. The van der Waals surface area contributed by atoms with Crippen LogP contribution in [0.3, 0.4) is 0 Å². The summed E-state index contributed by atoms with van der Waals surface area (Å²) in [5.41, 5.74) is -0.176. The van der Waals surface area contributed by atoms with Crippen LogP contribution >= 0.6 is 0 Å². The Labute approximate surface area is 150 Å². The first kappa shape index (κ1) is 18.4. The van der Waals surface area contributed by atoms with Crippen LogP contribution in [0.5, 0.6) is 0 Å². The Morgan fingerprint density at radius 2 is 1.88 bits per heavy atom. The van der Waals surface area contributed by atoms with E-state index in [2.05, 4.69) is 34.7 Å². The van der Waals surface area contributed by atoms with Gasteiger partial charge in [-0.3, -0.25) is 4.79 Å². The van der Waals surface area contributed by atoms with Crippen molar-refractivity contribution < 1.29 is 9.90 Å². The summed E-state index contributed by atoms with van der Waals surface area (Å²) in [6.45, 7) is 3.92. The number of nitrogens with zero attached hydrogens (tertiary/aromatic N) is 1. The number of hydrogen-bond acceptors (Lipinski definition) is 4. The number of hydrogen-bond donors (Lipinski definition) is 3. The first-order chi connectivity index (χ1) is 12.0. The lowest BCUT2D eigenvalue weighted by molar-refractivity contribution is -0.130. The van der Waals surface area contributed by atoms with Crippen molar-refractivity contribution in [3.8, 4) is 0 Å². The summed E-state index contributed by atoms with van der Waals surface area (Å²) in [6.07, 6.45) is 4.01. The van der Waals surface area contributed by atoms with Gasteiger partial charge in [-0.25, -0.2) is 0 Å². The van der Waals surface area contributed by atoms with Crippen molar-refractivity contribution in [3.05, 3.63) is 35.9 Å². The summed E-state index contributed by atoms with van der Waals surface area (Å²) in [6, 6.07) is 10.1. The van der Waals surface area contributed by atoms with E-state index < -0.39 is 11.0 Å². The number of carbonyl (C=O) groups is 1. The summed E-state index contributed by atoms with van der Waals surface area (Å²) >= 11 is 0. The standard InChI is InChI=1S/C20H31N3O2/c1-23-14-10-20(11-15-23,17-6-3-2-4-7-17)18(24)22-16-19(25)8-5-12-21-13-9-19/h2-4,6-7,21,25H,5,8-16H2,1H3,(H,22,24). The molecule has 5 nitrogen and oxygen atoms in total. The number of rotatable bonds is 4. The van der Waals surface area contributed by atoms with Crippen LogP contribution in [-0.2, 0) is 10.2 Å². The minimum atomic E-state index is -0.789. The quantitative estimate of drug-likeness (QED) is 0.769. The monoisotopic (exact) mass is 345 g/mol. The molecule has 1 amide bonds. The van der Waals surface area contributed by atoms with Gasteiger partial charge in [0.25, 0.3) is 0 Å². The van der Waals surface area contributed by atoms with Crippen LogP contribution in [0, 0.1) is 0 Å². The highest BCUT2D eigenvalue weighted by Crippen LogP contribution is 2.35. The first-order valence-corrected chi connectivity index (χ1v) is 9.50. The first-order valence-electron chi connectivity index (χ1n) is 9.50. The van der Waals surface area contributed by atoms with Crippen LogP contribution in [0.2, 0.25) is 0 Å². The molecule has 0 aliphatic carbocycles. The molecule has 0 spiro atoms. The fourth-order valence-corrected chi connectivity index (χ4v) is 4.11. The molecule has 0 radical (unpaired) electrons. The van der Waals surface area contributed by atoms with Gasteiger partial charge in [0.1, 0.15) is 0 Å². The van der Waals surface area contributed by atoms with E-state index in [1.54, 1.807) is 0 Å². The van der Waals surface area contributed by atoms with Crippen LogP contribution in [0.15, 0.2) is 30.3 Å². The van der Waals surface area contributed by atoms with Gasteiger partial charge in [0.15, 0.2) is 0 Å². The summed E-state index contributed by atoms with van der Waals surface area (Å²) in [5, 5.41) is 17.3. The van der Waals surface area contributed by atoms with Crippen molar-refractivity contribution >= 4 is 5.91 Å². The van der Waals surface area contributed by atoms with E-state index in [4.69, 9.17) is 0 Å². The van der Waals surface area contributed by atoms with Gasteiger partial charge < -0.3 is 20.6 Å². The zero-order valence-electron chi connectivity index (χ0n) is 15.3. The lowest BCUT2D eigenvalue weighted by Crippen LogP contribution is -2.54. The molecule has 1 aromatic rings. The Morgan fingerprint density at radius 1 is 1.16 bits per heavy atom. The Bertz CT molecular complexity index is 560. The number of carbonyl (C=O) groups excluding carboxylic acids is 1. The Balaban J connectivity index is 1.73. The second-order valence-electron chi connectivity index (χ2n) is 7.76. The van der Waals surface area contributed by atoms with Crippen molar-refractivity contribution in [2.75, 3.05) is 39.8 Å². The van der Waals surface area contributed by atoms with Crippen molar-refractivity contribution in [2.45, 2.75) is 43.1 Å². The molecule has 138 valence electrons. The van der Waals surface area contributed by atoms with Gasteiger partial charge in [-0.1, -0.05) is 30.3 Å². The van der Waals surface area contributed by atoms with E-state index in [9.17, 15) is 9.90 Å². The number of nitrogens with one attached hydrogen (secondary N) is 2. The molecule has 25 heavy (non-hydrogen) atoms. The van der Waals surface area contributed by atoms with Gasteiger partial charge in [0, 0.05) is 6.54 Å². The van der Waals surface area contributed by atoms with Crippen molar-refractivity contribution in [1.29, 1.82) is 0 Å². The molecule has 5 heteroatoms.